The van der Waals surface area contributed by atoms with Gasteiger partial charge < -0.3 is 5.11 Å². The molecule has 0 spiro atoms. The van der Waals surface area contributed by atoms with Crippen LogP contribution in [-0.2, 0) is 6.42 Å². The van der Waals surface area contributed by atoms with Crippen LogP contribution < -0.4 is 0 Å². The molecule has 0 amide bonds. The predicted octanol–water partition coefficient (Wildman–Crippen LogP) is 2.63. The first-order valence-corrected chi connectivity index (χ1v) is 4.77. The van der Waals surface area contributed by atoms with Crippen molar-refractivity contribution in [3.05, 3.63) is 28.5 Å². The van der Waals surface area contributed by atoms with Gasteiger partial charge in [0, 0.05) is 5.69 Å². The second kappa shape index (κ2) is 4.42. The first-order valence-electron chi connectivity index (χ1n) is 4.39. The highest BCUT2D eigenvalue weighted by molar-refractivity contribution is 6.32. The Bertz CT molecular complexity index is 350. The highest BCUT2D eigenvalue weighted by atomic mass is 35.5. The van der Waals surface area contributed by atoms with Crippen molar-refractivity contribution in [1.29, 1.82) is 0 Å². The molecular weight excluding hydrogens is 202 g/mol. The second-order valence-corrected chi connectivity index (χ2v) is 3.90. The smallest absolute Gasteiger partial charge is 0.338 e. The van der Waals surface area contributed by atoms with Gasteiger partial charge in [-0.25, -0.2) is 9.78 Å². The summed E-state index contributed by atoms with van der Waals surface area (Å²) in [7, 11) is 0. The summed E-state index contributed by atoms with van der Waals surface area (Å²) in [5.74, 6) is -0.562. The van der Waals surface area contributed by atoms with Crippen molar-refractivity contribution in [1.82, 2.24) is 4.98 Å². The first-order chi connectivity index (χ1) is 6.50. The van der Waals surface area contributed by atoms with E-state index < -0.39 is 5.97 Å². The molecule has 0 aromatic carbocycles. The van der Waals surface area contributed by atoms with Gasteiger partial charge in [0.2, 0.25) is 0 Å². The van der Waals surface area contributed by atoms with E-state index in [0.29, 0.717) is 5.92 Å². The number of halogens is 1. The van der Waals surface area contributed by atoms with E-state index in [1.54, 1.807) is 6.07 Å². The summed E-state index contributed by atoms with van der Waals surface area (Å²) in [5, 5.41) is 8.78. The van der Waals surface area contributed by atoms with Crippen LogP contribution in [0.5, 0.6) is 0 Å². The summed E-state index contributed by atoms with van der Waals surface area (Å²) in [5.41, 5.74) is 0.883. The SMILES string of the molecule is CC(C)Cc1ccc(C(=O)O)c(Cl)n1. The highest BCUT2D eigenvalue weighted by Gasteiger charge is 2.10. The lowest BCUT2D eigenvalue weighted by atomic mass is 10.1. The van der Waals surface area contributed by atoms with Crippen LogP contribution in [-0.4, -0.2) is 16.1 Å². The normalized spacial score (nSPS) is 10.6. The van der Waals surface area contributed by atoms with Gasteiger partial charge in [0.05, 0.1) is 5.56 Å². The Kier molecular flexibility index (Phi) is 3.47. The molecule has 1 rings (SSSR count). The molecule has 0 saturated carbocycles. The number of nitrogens with zero attached hydrogens (tertiary/aromatic N) is 1. The lowest BCUT2D eigenvalue weighted by Crippen LogP contribution is -2.03. The molecule has 1 aromatic rings. The average Bonchev–Trinajstić information content (AvgIpc) is 2.01. The maximum Gasteiger partial charge on any atom is 0.338 e. The standard InChI is InChI=1S/C10H12ClNO2/c1-6(2)5-7-3-4-8(10(13)14)9(11)12-7/h3-4,6H,5H2,1-2H3,(H,13,14). The van der Waals surface area contributed by atoms with Gasteiger partial charge in [0.25, 0.3) is 0 Å². The summed E-state index contributed by atoms with van der Waals surface area (Å²) in [4.78, 5) is 14.6. The molecule has 1 N–H and O–H groups in total. The molecule has 0 aliphatic carbocycles. The second-order valence-electron chi connectivity index (χ2n) is 3.54. The Hall–Kier alpha value is -1.09. The molecule has 0 saturated heterocycles. The molecule has 0 fully saturated rings. The highest BCUT2D eigenvalue weighted by Crippen LogP contribution is 2.15. The zero-order valence-electron chi connectivity index (χ0n) is 8.12. The number of aromatic carboxylic acids is 1. The number of aromatic nitrogens is 1. The molecule has 3 nitrogen and oxygen atoms in total. The minimum atomic E-state index is -1.04. The van der Waals surface area contributed by atoms with Crippen molar-refractivity contribution >= 4 is 17.6 Å². The van der Waals surface area contributed by atoms with E-state index in [1.165, 1.54) is 6.07 Å². The van der Waals surface area contributed by atoms with Crippen molar-refractivity contribution in [2.24, 2.45) is 5.92 Å². The van der Waals surface area contributed by atoms with E-state index in [2.05, 4.69) is 18.8 Å². The zero-order chi connectivity index (χ0) is 10.7. The number of carboxylic acid groups (broad SMARTS) is 1. The summed E-state index contributed by atoms with van der Waals surface area (Å²) < 4.78 is 0. The quantitative estimate of drug-likeness (QED) is 0.786. The van der Waals surface area contributed by atoms with E-state index >= 15 is 0 Å². The number of hydrogen-bond acceptors (Lipinski definition) is 2. The molecule has 14 heavy (non-hydrogen) atoms. The van der Waals surface area contributed by atoms with Crippen LogP contribution in [0, 0.1) is 5.92 Å². The molecule has 0 atom stereocenters. The van der Waals surface area contributed by atoms with E-state index in [9.17, 15) is 4.79 Å². The molecule has 76 valence electrons. The lowest BCUT2D eigenvalue weighted by Gasteiger charge is -2.05. The molecule has 0 radical (unpaired) electrons. The fourth-order valence-corrected chi connectivity index (χ4v) is 1.42. The molecule has 1 heterocycles. The molecule has 0 aliphatic rings. The van der Waals surface area contributed by atoms with Crippen LogP contribution in [0.2, 0.25) is 5.15 Å². The van der Waals surface area contributed by atoms with E-state index in [-0.39, 0.29) is 10.7 Å². The molecule has 1 aromatic heterocycles. The fourth-order valence-electron chi connectivity index (χ4n) is 1.16. The van der Waals surface area contributed by atoms with Gasteiger partial charge in [-0.1, -0.05) is 25.4 Å². The number of carboxylic acids is 1. The summed E-state index contributed by atoms with van der Waals surface area (Å²) in [6.07, 6.45) is 0.805. The Morgan fingerprint density at radius 2 is 2.21 bits per heavy atom. The zero-order valence-corrected chi connectivity index (χ0v) is 8.88. The number of carbonyl (C=O) groups is 1. The monoisotopic (exact) mass is 213 g/mol. The minimum Gasteiger partial charge on any atom is -0.478 e. The molecule has 0 bridgehead atoms. The van der Waals surface area contributed by atoms with Gasteiger partial charge in [-0.2, -0.15) is 0 Å². The largest absolute Gasteiger partial charge is 0.478 e. The van der Waals surface area contributed by atoms with Crippen LogP contribution in [0.1, 0.15) is 29.9 Å². The van der Waals surface area contributed by atoms with Crippen molar-refractivity contribution in [3.63, 3.8) is 0 Å². The number of hydrogen-bond donors (Lipinski definition) is 1. The topological polar surface area (TPSA) is 50.2 Å². The van der Waals surface area contributed by atoms with E-state index in [4.69, 9.17) is 16.7 Å². The van der Waals surface area contributed by atoms with E-state index in [0.717, 1.165) is 12.1 Å². The number of pyridine rings is 1. The Labute approximate surface area is 87.7 Å². The fraction of sp³-hybridized carbons (Fsp3) is 0.400. The van der Waals surface area contributed by atoms with Gasteiger partial charge in [0.15, 0.2) is 0 Å². The van der Waals surface area contributed by atoms with Crippen LogP contribution in [0.4, 0.5) is 0 Å². The van der Waals surface area contributed by atoms with Gasteiger partial charge >= 0.3 is 5.97 Å². The van der Waals surface area contributed by atoms with Gasteiger partial charge in [-0.15, -0.1) is 0 Å². The third-order valence-electron chi connectivity index (χ3n) is 1.75. The van der Waals surface area contributed by atoms with Crippen LogP contribution in [0.3, 0.4) is 0 Å². The van der Waals surface area contributed by atoms with Crippen LogP contribution in [0.15, 0.2) is 12.1 Å². The molecule has 0 aliphatic heterocycles. The Morgan fingerprint density at radius 3 is 2.64 bits per heavy atom. The molecule has 4 heteroatoms. The Balaban J connectivity index is 2.94. The van der Waals surface area contributed by atoms with Crippen LogP contribution in [0.25, 0.3) is 0 Å². The molecule has 0 unspecified atom stereocenters. The van der Waals surface area contributed by atoms with Gasteiger partial charge in [0.1, 0.15) is 5.15 Å². The molecular formula is C10H12ClNO2. The number of rotatable bonds is 3. The van der Waals surface area contributed by atoms with Crippen molar-refractivity contribution in [2.75, 3.05) is 0 Å². The lowest BCUT2D eigenvalue weighted by molar-refractivity contribution is 0.0696. The average molecular weight is 214 g/mol. The maximum atomic E-state index is 10.6. The van der Waals surface area contributed by atoms with Crippen molar-refractivity contribution in [3.8, 4) is 0 Å². The third-order valence-corrected chi connectivity index (χ3v) is 2.04. The van der Waals surface area contributed by atoms with Crippen molar-refractivity contribution in [2.45, 2.75) is 20.3 Å². The third kappa shape index (κ3) is 2.70. The summed E-state index contributed by atoms with van der Waals surface area (Å²) in [6, 6.07) is 3.20. The van der Waals surface area contributed by atoms with Gasteiger partial charge in [-0.05, 0) is 24.5 Å². The van der Waals surface area contributed by atoms with Crippen LogP contribution >= 0.6 is 11.6 Å². The maximum absolute atomic E-state index is 10.6. The predicted molar refractivity (Wildman–Crippen MR) is 54.7 cm³/mol. The van der Waals surface area contributed by atoms with E-state index in [1.807, 2.05) is 0 Å². The van der Waals surface area contributed by atoms with Gasteiger partial charge in [-0.3, -0.25) is 0 Å². The minimum absolute atomic E-state index is 0.0548. The Morgan fingerprint density at radius 1 is 1.57 bits per heavy atom. The summed E-state index contributed by atoms with van der Waals surface area (Å²) >= 11 is 5.72. The first kappa shape index (κ1) is 11.0. The van der Waals surface area contributed by atoms with Crippen molar-refractivity contribution < 1.29 is 9.90 Å². The summed E-state index contributed by atoms with van der Waals surface area (Å²) in [6.45, 7) is 4.14.